The van der Waals surface area contributed by atoms with E-state index in [1.54, 1.807) is 5.38 Å². The third-order valence-corrected chi connectivity index (χ3v) is 8.55. The van der Waals surface area contributed by atoms with Crippen molar-refractivity contribution in [2.75, 3.05) is 23.8 Å². The lowest BCUT2D eigenvalue weighted by atomic mass is 10.0. The van der Waals surface area contributed by atoms with Gasteiger partial charge in [0.2, 0.25) is 0 Å². The molecule has 0 bridgehead atoms. The van der Waals surface area contributed by atoms with Crippen LogP contribution in [0.15, 0.2) is 33.0 Å². The lowest BCUT2D eigenvalue weighted by molar-refractivity contribution is -0.150. The highest BCUT2D eigenvalue weighted by molar-refractivity contribution is 8.01. The number of carboxylic acid groups (broad SMARTS) is 1. The second kappa shape index (κ2) is 12.4. The second-order valence-corrected chi connectivity index (χ2v) is 11.1. The minimum atomic E-state index is -1.20. The number of aromatic amines is 1. The van der Waals surface area contributed by atoms with Gasteiger partial charge < -0.3 is 21.0 Å². The molecule has 1 fully saturated rings. The Balaban J connectivity index is 1.44. The summed E-state index contributed by atoms with van der Waals surface area (Å²) in [5.74, 6) is -1.63. The molecular weight excluding hydrogens is 540 g/mol. The zero-order chi connectivity index (χ0) is 26.4. The fourth-order valence-electron chi connectivity index (χ4n) is 3.73. The summed E-state index contributed by atoms with van der Waals surface area (Å²) >= 11 is 3.85. The first kappa shape index (κ1) is 26.9. The topological polar surface area (TPSA) is 189 Å². The van der Waals surface area contributed by atoms with Crippen molar-refractivity contribution < 1.29 is 24.3 Å². The van der Waals surface area contributed by atoms with Gasteiger partial charge in [-0.15, -0.1) is 28.2 Å². The molecule has 2 aromatic heterocycles. The molecule has 2 aromatic rings. The van der Waals surface area contributed by atoms with Crippen LogP contribution in [0.5, 0.6) is 0 Å². The van der Waals surface area contributed by atoms with E-state index in [1.165, 1.54) is 34.6 Å². The Morgan fingerprint density at radius 1 is 1.41 bits per heavy atom. The van der Waals surface area contributed by atoms with E-state index in [-0.39, 0.29) is 22.2 Å². The van der Waals surface area contributed by atoms with Gasteiger partial charge in [-0.2, -0.15) is 10.3 Å². The fraction of sp³-hybridized carbons (Fsp3) is 0.476. The van der Waals surface area contributed by atoms with E-state index >= 15 is 0 Å². The molecule has 37 heavy (non-hydrogen) atoms. The molecular formula is C21H26N8O5S3. The number of carbonyl (C=O) groups excluding carboxylic acids is 2. The zero-order valence-corrected chi connectivity index (χ0v) is 22.3. The smallest absolute Gasteiger partial charge is 0.352 e. The van der Waals surface area contributed by atoms with E-state index < -0.39 is 29.2 Å². The predicted molar refractivity (Wildman–Crippen MR) is 140 cm³/mol. The highest BCUT2D eigenvalue weighted by Crippen LogP contribution is 2.41. The largest absolute Gasteiger partial charge is 0.477 e. The number of aromatic nitrogens is 4. The summed E-state index contributed by atoms with van der Waals surface area (Å²) in [6, 6.07) is -0.915. The molecule has 4 rings (SSSR count). The summed E-state index contributed by atoms with van der Waals surface area (Å²) in [6.07, 6.45) is 5.48. The number of hydrogen-bond acceptors (Lipinski definition) is 12. The average molecular weight is 567 g/mol. The second-order valence-electron chi connectivity index (χ2n) is 8.12. The molecule has 2 aliphatic heterocycles. The molecule has 1 unspecified atom stereocenters. The van der Waals surface area contributed by atoms with Gasteiger partial charge in [0.25, 0.3) is 11.8 Å². The van der Waals surface area contributed by atoms with Gasteiger partial charge in [0, 0.05) is 16.9 Å². The first-order valence-corrected chi connectivity index (χ1v) is 14.4. The number of nitrogens with two attached hydrogens (primary N) is 1. The normalized spacial score (nSPS) is 19.4. The molecule has 4 heterocycles. The molecule has 2 atom stereocenters. The van der Waals surface area contributed by atoms with Gasteiger partial charge in [0.1, 0.15) is 34.4 Å². The standard InChI is InChI=1S/C21H26N8O5S3/c1-2-3-4-5-6-34-27-14(12-10-37-21(22)24-12)17(30)25-15-18(31)29-16(20(32)33)11(9-36-19(15)29)8-35-13-7-23-28-26-13/h7,10,15,19H,2-6,8-9H2,1H3,(H2,22,24)(H,25,30)(H,32,33)(H,23,26,28)/b27-14-/t15?,19-/m1/s1. The van der Waals surface area contributed by atoms with Gasteiger partial charge in [-0.25, -0.2) is 9.78 Å². The maximum absolute atomic E-state index is 13.1. The van der Waals surface area contributed by atoms with Crippen molar-refractivity contribution in [2.45, 2.75) is 49.0 Å². The van der Waals surface area contributed by atoms with Crippen LogP contribution in [0.4, 0.5) is 5.13 Å². The van der Waals surface area contributed by atoms with Gasteiger partial charge in [-0.05, 0) is 18.4 Å². The molecule has 0 radical (unpaired) electrons. The van der Waals surface area contributed by atoms with Crippen LogP contribution in [0.1, 0.15) is 38.3 Å². The van der Waals surface area contributed by atoms with Crippen LogP contribution in [-0.4, -0.2) is 83.4 Å². The quantitative estimate of drug-likeness (QED) is 0.0907. The number of rotatable bonds is 13. The number of oxime groups is 1. The summed E-state index contributed by atoms with van der Waals surface area (Å²) in [4.78, 5) is 48.9. The van der Waals surface area contributed by atoms with Crippen molar-refractivity contribution in [1.29, 1.82) is 0 Å². The summed E-state index contributed by atoms with van der Waals surface area (Å²) in [7, 11) is 0. The number of H-pyrrole nitrogens is 1. The third kappa shape index (κ3) is 6.24. The predicted octanol–water partition coefficient (Wildman–Crippen LogP) is 1.68. The molecule has 16 heteroatoms. The monoisotopic (exact) mass is 566 g/mol. The first-order valence-electron chi connectivity index (χ1n) is 11.5. The van der Waals surface area contributed by atoms with Crippen molar-refractivity contribution in [2.24, 2.45) is 5.16 Å². The fourth-order valence-corrected chi connectivity index (χ4v) is 6.55. The number of unbranched alkanes of at least 4 members (excludes halogenated alkanes) is 3. The lowest BCUT2D eigenvalue weighted by Gasteiger charge is -2.49. The van der Waals surface area contributed by atoms with E-state index in [0.717, 1.165) is 37.0 Å². The van der Waals surface area contributed by atoms with Crippen molar-refractivity contribution in [3.05, 3.63) is 28.5 Å². The summed E-state index contributed by atoms with van der Waals surface area (Å²) < 4.78 is 0. The Labute approximate surface area is 224 Å². The Morgan fingerprint density at radius 2 is 2.24 bits per heavy atom. The Bertz CT molecular complexity index is 1200. The van der Waals surface area contributed by atoms with Crippen LogP contribution >= 0.6 is 34.9 Å². The minimum absolute atomic E-state index is 0.0631. The molecule has 0 aliphatic carbocycles. The number of aliphatic carboxylic acids is 1. The van der Waals surface area contributed by atoms with Crippen LogP contribution in [0.2, 0.25) is 0 Å². The third-order valence-electron chi connectivity index (χ3n) is 5.55. The molecule has 2 amide bonds. The van der Waals surface area contributed by atoms with Crippen molar-refractivity contribution in [1.82, 2.24) is 30.6 Å². The molecule has 0 spiro atoms. The summed E-state index contributed by atoms with van der Waals surface area (Å²) in [5, 5.41) is 28.6. The van der Waals surface area contributed by atoms with Gasteiger partial charge >= 0.3 is 5.97 Å². The summed E-state index contributed by atoms with van der Waals surface area (Å²) in [5.41, 5.74) is 6.42. The Hall–Kier alpha value is -3.11. The maximum atomic E-state index is 13.1. The number of fused-ring (bicyclic) bond motifs is 1. The minimum Gasteiger partial charge on any atom is -0.477 e. The van der Waals surface area contributed by atoms with Gasteiger partial charge in [0.05, 0.1) is 6.20 Å². The highest BCUT2D eigenvalue weighted by Gasteiger charge is 2.54. The van der Waals surface area contributed by atoms with Crippen molar-refractivity contribution in [3.8, 4) is 0 Å². The number of β-lactam (4-membered cyclic amide) rings is 1. The molecule has 1 saturated heterocycles. The molecule has 2 aliphatic rings. The number of amides is 2. The van der Waals surface area contributed by atoms with Crippen molar-refractivity contribution in [3.63, 3.8) is 0 Å². The number of carbonyl (C=O) groups is 3. The van der Waals surface area contributed by atoms with E-state index in [0.29, 0.717) is 28.7 Å². The lowest BCUT2D eigenvalue weighted by Crippen LogP contribution is -2.71. The number of thiazole rings is 1. The molecule has 0 aromatic carbocycles. The van der Waals surface area contributed by atoms with Gasteiger partial charge in [-0.3, -0.25) is 14.5 Å². The number of thioether (sulfide) groups is 2. The van der Waals surface area contributed by atoms with Crippen LogP contribution in [0.3, 0.4) is 0 Å². The van der Waals surface area contributed by atoms with E-state index in [4.69, 9.17) is 10.6 Å². The van der Waals surface area contributed by atoms with Crippen LogP contribution in [0.25, 0.3) is 0 Å². The van der Waals surface area contributed by atoms with Crippen LogP contribution < -0.4 is 11.1 Å². The molecule has 5 N–H and O–H groups in total. The van der Waals surface area contributed by atoms with Crippen LogP contribution in [-0.2, 0) is 19.2 Å². The first-order chi connectivity index (χ1) is 17.9. The number of anilines is 1. The Morgan fingerprint density at radius 3 is 2.92 bits per heavy atom. The SMILES string of the molecule is CCCCCCO/N=C(\C(=O)NC1C(=O)N2C(C(=O)O)=C(CSc3cn[nH]n3)CS[C@H]12)c1csc(N)n1. The number of hydrogen-bond donors (Lipinski definition) is 4. The number of nitrogens with zero attached hydrogens (tertiary/aromatic N) is 5. The van der Waals surface area contributed by atoms with Gasteiger partial charge in [0.15, 0.2) is 10.8 Å². The number of nitrogens with one attached hydrogen (secondary N) is 2. The summed E-state index contributed by atoms with van der Waals surface area (Å²) in [6.45, 7) is 2.45. The average Bonchev–Trinajstić information content (AvgIpc) is 3.56. The van der Waals surface area contributed by atoms with E-state index in [1.807, 2.05) is 0 Å². The van der Waals surface area contributed by atoms with Crippen LogP contribution in [0, 0.1) is 0 Å². The molecule has 13 nitrogen and oxygen atoms in total. The van der Waals surface area contributed by atoms with E-state index in [2.05, 4.69) is 37.8 Å². The number of carboxylic acids is 1. The number of nitrogen functional groups attached to an aromatic ring is 1. The van der Waals surface area contributed by atoms with Gasteiger partial charge in [-0.1, -0.05) is 36.7 Å². The molecule has 198 valence electrons. The zero-order valence-electron chi connectivity index (χ0n) is 19.9. The molecule has 0 saturated carbocycles. The van der Waals surface area contributed by atoms with Crippen molar-refractivity contribution >= 4 is 63.5 Å². The maximum Gasteiger partial charge on any atom is 0.352 e. The highest BCUT2D eigenvalue weighted by atomic mass is 32.2. The Kier molecular flexibility index (Phi) is 9.04. The van der Waals surface area contributed by atoms with E-state index in [9.17, 15) is 19.5 Å².